The third-order valence-electron chi connectivity index (χ3n) is 6.25. The minimum absolute atomic E-state index is 0.107. The van der Waals surface area contributed by atoms with Crippen LogP contribution in [0.2, 0.25) is 0 Å². The van der Waals surface area contributed by atoms with Gasteiger partial charge < -0.3 is 10.0 Å². The highest BCUT2D eigenvalue weighted by Crippen LogP contribution is 2.45. The van der Waals surface area contributed by atoms with E-state index in [1.807, 2.05) is 6.07 Å². The Kier molecular flexibility index (Phi) is 6.65. The molecule has 2 unspecified atom stereocenters. The van der Waals surface area contributed by atoms with Crippen LogP contribution in [-0.2, 0) is 11.0 Å². The van der Waals surface area contributed by atoms with Crippen LogP contribution in [0.1, 0.15) is 63.1 Å². The molecule has 1 aliphatic rings. The highest BCUT2D eigenvalue weighted by molar-refractivity contribution is 5.57. The lowest BCUT2D eigenvalue weighted by atomic mass is 9.73. The van der Waals surface area contributed by atoms with Gasteiger partial charge in [0.15, 0.2) is 0 Å². The first-order chi connectivity index (χ1) is 13.7. The van der Waals surface area contributed by atoms with Crippen molar-refractivity contribution in [3.8, 4) is 0 Å². The first kappa shape index (κ1) is 21.8. The Bertz CT molecular complexity index is 814. The molecule has 0 spiro atoms. The van der Waals surface area contributed by atoms with E-state index in [0.717, 1.165) is 48.9 Å². The second kappa shape index (κ2) is 8.85. The number of nitrogens with zero attached hydrogens (tertiary/aromatic N) is 1. The Hall–Kier alpha value is -1.90. The van der Waals surface area contributed by atoms with Gasteiger partial charge in [0, 0.05) is 12.5 Å². The monoisotopic (exact) mass is 391 g/mol. The van der Waals surface area contributed by atoms with Crippen LogP contribution in [0.25, 0.3) is 6.08 Å². The molecular formula is C27H37NO. The van der Waals surface area contributed by atoms with Crippen LogP contribution in [0.4, 0.5) is 0 Å². The van der Waals surface area contributed by atoms with Crippen molar-refractivity contribution in [1.29, 1.82) is 0 Å². The maximum Gasteiger partial charge on any atom is 0.115 e. The molecular weight excluding hydrogens is 354 g/mol. The number of rotatable bonds is 4. The van der Waals surface area contributed by atoms with E-state index in [-0.39, 0.29) is 11.3 Å². The predicted molar refractivity (Wildman–Crippen MR) is 124 cm³/mol. The lowest BCUT2D eigenvalue weighted by Gasteiger charge is -2.39. The number of benzene rings is 2. The molecule has 0 heterocycles. The maximum atomic E-state index is 12.4. The van der Waals surface area contributed by atoms with E-state index >= 15 is 0 Å². The molecule has 0 radical (unpaired) electrons. The van der Waals surface area contributed by atoms with Gasteiger partial charge in [0.05, 0.1) is 0 Å². The third kappa shape index (κ3) is 4.99. The zero-order valence-corrected chi connectivity index (χ0v) is 18.8. The summed E-state index contributed by atoms with van der Waals surface area (Å²) in [7, 11) is 4.21. The number of aliphatic hydroxyl groups is 1. The van der Waals surface area contributed by atoms with E-state index in [1.54, 1.807) is 0 Å². The Labute approximate surface area is 177 Å². The fourth-order valence-electron chi connectivity index (χ4n) is 4.61. The van der Waals surface area contributed by atoms with Crippen molar-refractivity contribution >= 4 is 6.08 Å². The van der Waals surface area contributed by atoms with Crippen LogP contribution in [-0.4, -0.2) is 30.6 Å². The lowest BCUT2D eigenvalue weighted by molar-refractivity contribution is 0.000461. The van der Waals surface area contributed by atoms with E-state index in [2.05, 4.69) is 94.4 Å². The Morgan fingerprint density at radius 1 is 1.00 bits per heavy atom. The normalized spacial score (nSPS) is 24.7. The van der Waals surface area contributed by atoms with Crippen molar-refractivity contribution in [1.82, 2.24) is 4.90 Å². The molecule has 0 aromatic heterocycles. The summed E-state index contributed by atoms with van der Waals surface area (Å²) in [5.74, 6) is 0.176. The average Bonchev–Trinajstić information content (AvgIpc) is 2.82. The molecule has 0 bridgehead atoms. The SMILES string of the molecule is CN(C)CC1CCCC/C(=C/c2ccccc2)C1(O)c1ccc(C(C)(C)C)cc1. The molecule has 1 N–H and O–H groups in total. The highest BCUT2D eigenvalue weighted by atomic mass is 16.3. The summed E-state index contributed by atoms with van der Waals surface area (Å²) in [6.07, 6.45) is 6.50. The molecule has 2 aromatic rings. The van der Waals surface area contributed by atoms with E-state index in [0.29, 0.717) is 0 Å². The zero-order valence-electron chi connectivity index (χ0n) is 18.8. The molecule has 0 aliphatic heterocycles. The minimum atomic E-state index is -0.937. The van der Waals surface area contributed by atoms with Gasteiger partial charge in [-0.3, -0.25) is 0 Å². The van der Waals surface area contributed by atoms with Gasteiger partial charge in [0.1, 0.15) is 5.60 Å². The zero-order chi connectivity index (χ0) is 21.1. The van der Waals surface area contributed by atoms with Crippen LogP contribution < -0.4 is 0 Å². The molecule has 0 saturated heterocycles. The highest BCUT2D eigenvalue weighted by Gasteiger charge is 2.43. The minimum Gasteiger partial charge on any atom is -0.380 e. The van der Waals surface area contributed by atoms with Gasteiger partial charge in [-0.2, -0.15) is 0 Å². The first-order valence-electron chi connectivity index (χ1n) is 11.0. The predicted octanol–water partition coefficient (Wildman–Crippen LogP) is 6.01. The Balaban J connectivity index is 2.12. The van der Waals surface area contributed by atoms with Gasteiger partial charge in [0.25, 0.3) is 0 Å². The van der Waals surface area contributed by atoms with E-state index < -0.39 is 5.60 Å². The van der Waals surface area contributed by atoms with Gasteiger partial charge in [-0.25, -0.2) is 0 Å². The lowest BCUT2D eigenvalue weighted by Crippen LogP contribution is -2.41. The standard InChI is InChI=1S/C27H37NO/c1-26(2,3)22-15-17-23(18-16-22)27(29)24(19-21-11-7-6-8-12-21)13-9-10-14-25(27)20-28(4)5/h6-8,11-12,15-19,25,29H,9-10,13-14,20H2,1-5H3/b24-19-. The molecule has 156 valence electrons. The second-order valence-corrected chi connectivity index (χ2v) is 9.88. The summed E-state index contributed by atoms with van der Waals surface area (Å²) in [6, 6.07) is 19.2. The molecule has 1 saturated carbocycles. The van der Waals surface area contributed by atoms with Crippen LogP contribution in [0, 0.1) is 5.92 Å². The molecule has 29 heavy (non-hydrogen) atoms. The van der Waals surface area contributed by atoms with Crippen molar-refractivity contribution in [2.45, 2.75) is 57.5 Å². The summed E-state index contributed by atoms with van der Waals surface area (Å²) in [5.41, 5.74) is 3.82. The summed E-state index contributed by atoms with van der Waals surface area (Å²) in [4.78, 5) is 2.21. The summed E-state index contributed by atoms with van der Waals surface area (Å²) >= 11 is 0. The summed E-state index contributed by atoms with van der Waals surface area (Å²) < 4.78 is 0. The van der Waals surface area contributed by atoms with E-state index in [1.165, 1.54) is 5.56 Å². The quantitative estimate of drug-likeness (QED) is 0.645. The molecule has 1 aliphatic carbocycles. The van der Waals surface area contributed by atoms with Crippen molar-refractivity contribution < 1.29 is 5.11 Å². The summed E-state index contributed by atoms with van der Waals surface area (Å²) in [5, 5.41) is 12.4. The molecule has 0 amide bonds. The number of hydrogen-bond acceptors (Lipinski definition) is 2. The van der Waals surface area contributed by atoms with Crippen LogP contribution in [0.15, 0.2) is 60.2 Å². The van der Waals surface area contributed by atoms with Crippen LogP contribution >= 0.6 is 0 Å². The van der Waals surface area contributed by atoms with Gasteiger partial charge in [-0.15, -0.1) is 0 Å². The second-order valence-electron chi connectivity index (χ2n) is 9.88. The van der Waals surface area contributed by atoms with E-state index in [9.17, 15) is 5.11 Å². The number of hydrogen-bond donors (Lipinski definition) is 1. The van der Waals surface area contributed by atoms with Gasteiger partial charge in [0.2, 0.25) is 0 Å². The molecule has 2 heteroatoms. The Morgan fingerprint density at radius 2 is 1.66 bits per heavy atom. The van der Waals surface area contributed by atoms with Crippen molar-refractivity contribution in [3.05, 3.63) is 76.9 Å². The van der Waals surface area contributed by atoms with Crippen molar-refractivity contribution in [2.24, 2.45) is 5.92 Å². The fourth-order valence-corrected chi connectivity index (χ4v) is 4.61. The summed E-state index contributed by atoms with van der Waals surface area (Å²) in [6.45, 7) is 7.58. The Morgan fingerprint density at radius 3 is 2.24 bits per heavy atom. The first-order valence-corrected chi connectivity index (χ1v) is 11.0. The molecule has 2 aromatic carbocycles. The van der Waals surface area contributed by atoms with Crippen molar-refractivity contribution in [3.63, 3.8) is 0 Å². The molecule has 2 nitrogen and oxygen atoms in total. The molecule has 3 rings (SSSR count). The fraction of sp³-hybridized carbons (Fsp3) is 0.481. The smallest absolute Gasteiger partial charge is 0.115 e. The van der Waals surface area contributed by atoms with Gasteiger partial charge in [-0.1, -0.05) is 87.9 Å². The average molecular weight is 392 g/mol. The van der Waals surface area contributed by atoms with Gasteiger partial charge >= 0.3 is 0 Å². The topological polar surface area (TPSA) is 23.5 Å². The van der Waals surface area contributed by atoms with Crippen molar-refractivity contribution in [2.75, 3.05) is 20.6 Å². The van der Waals surface area contributed by atoms with Gasteiger partial charge in [-0.05, 0) is 61.0 Å². The maximum absolute atomic E-state index is 12.4. The largest absolute Gasteiger partial charge is 0.380 e. The van der Waals surface area contributed by atoms with Crippen LogP contribution in [0.3, 0.4) is 0 Å². The van der Waals surface area contributed by atoms with Crippen LogP contribution in [0.5, 0.6) is 0 Å². The molecule has 1 fully saturated rings. The molecule has 2 atom stereocenters. The third-order valence-corrected chi connectivity index (χ3v) is 6.25. The van der Waals surface area contributed by atoms with E-state index in [4.69, 9.17) is 0 Å².